The van der Waals surface area contributed by atoms with E-state index >= 15 is 13.6 Å². The molecule has 0 bridgehead atoms. The van der Waals surface area contributed by atoms with E-state index in [1.807, 2.05) is 30.1 Å². The summed E-state index contributed by atoms with van der Waals surface area (Å²) < 4.78 is 30.6. The quantitative estimate of drug-likeness (QED) is 0.142. The SMILES string of the molecule is CN[C@H]1CC[C@H](N(Cc2cc(-c3cnccn3)ccc2C(c2ccccc2)(c2ccccc2)c2ccccc2)C(=O)c2sc3c(F)ccc(F)c3c2C)CC1. The van der Waals surface area contributed by atoms with E-state index < -0.39 is 17.0 Å². The van der Waals surface area contributed by atoms with Gasteiger partial charge in [0.25, 0.3) is 5.91 Å². The minimum Gasteiger partial charge on any atom is -0.331 e. The minimum atomic E-state index is -0.779. The van der Waals surface area contributed by atoms with Gasteiger partial charge in [-0.1, -0.05) is 103 Å². The highest BCUT2D eigenvalue weighted by atomic mass is 32.1. The molecule has 276 valence electrons. The molecule has 55 heavy (non-hydrogen) atoms. The molecule has 2 heterocycles. The number of hydrogen-bond donors (Lipinski definition) is 1. The standard InChI is InChI=1S/C47H42F2N4OS/c1-31-43-40(48)24-25-41(49)45(43)55-44(31)46(54)53(38-21-19-37(50-2)20-22-38)30-33-28-32(42-29-51-26-27-52-42)18-23-39(33)47(34-12-6-3-7-13-34,35-14-8-4-9-15-35)36-16-10-5-11-17-36/h3-18,23-29,37-38,50H,19-22,30H2,1-2H3/t37-,38-. The first kappa shape index (κ1) is 36.4. The molecule has 1 aliphatic rings. The number of carbonyl (C=O) groups excluding carboxylic acids is 1. The number of thiophene rings is 1. The average Bonchev–Trinajstić information content (AvgIpc) is 3.61. The van der Waals surface area contributed by atoms with E-state index in [1.54, 1.807) is 25.5 Å². The Kier molecular flexibility index (Phi) is 10.4. The van der Waals surface area contributed by atoms with Crippen molar-refractivity contribution in [3.63, 3.8) is 0 Å². The molecule has 1 fully saturated rings. The third-order valence-electron chi connectivity index (χ3n) is 11.3. The summed E-state index contributed by atoms with van der Waals surface area (Å²) in [6.07, 6.45) is 8.51. The third-order valence-corrected chi connectivity index (χ3v) is 12.6. The monoisotopic (exact) mass is 748 g/mol. The van der Waals surface area contributed by atoms with E-state index in [4.69, 9.17) is 0 Å². The van der Waals surface area contributed by atoms with Crippen molar-refractivity contribution in [2.45, 2.75) is 56.7 Å². The molecule has 8 rings (SSSR count). The molecule has 0 unspecified atom stereocenters. The van der Waals surface area contributed by atoms with Crippen LogP contribution in [0.15, 0.2) is 140 Å². The normalized spacial score (nSPS) is 15.9. The number of rotatable bonds is 10. The van der Waals surface area contributed by atoms with Crippen LogP contribution in [0.25, 0.3) is 21.3 Å². The summed E-state index contributed by atoms with van der Waals surface area (Å²) in [5.41, 5.74) is 6.51. The van der Waals surface area contributed by atoms with Crippen molar-refractivity contribution in [3.8, 4) is 11.3 Å². The predicted molar refractivity (Wildman–Crippen MR) is 217 cm³/mol. The molecular weight excluding hydrogens is 707 g/mol. The topological polar surface area (TPSA) is 58.1 Å². The number of nitrogens with zero attached hydrogens (tertiary/aromatic N) is 3. The fourth-order valence-electron chi connectivity index (χ4n) is 8.56. The van der Waals surface area contributed by atoms with Crippen LogP contribution in [0, 0.1) is 18.6 Å². The third kappa shape index (κ3) is 6.74. The lowest BCUT2D eigenvalue weighted by Crippen LogP contribution is -2.45. The molecule has 1 saturated carbocycles. The van der Waals surface area contributed by atoms with Crippen molar-refractivity contribution < 1.29 is 13.6 Å². The lowest BCUT2D eigenvalue weighted by molar-refractivity contribution is 0.0604. The Hall–Kier alpha value is -5.57. The summed E-state index contributed by atoms with van der Waals surface area (Å²) in [6.45, 7) is 2.00. The second kappa shape index (κ2) is 15.7. The molecule has 2 aromatic heterocycles. The zero-order valence-electron chi connectivity index (χ0n) is 30.9. The van der Waals surface area contributed by atoms with Crippen molar-refractivity contribution >= 4 is 27.3 Å². The highest BCUT2D eigenvalue weighted by Crippen LogP contribution is 2.48. The van der Waals surface area contributed by atoms with Crippen LogP contribution in [0.1, 0.15) is 68.7 Å². The molecule has 0 aliphatic heterocycles. The van der Waals surface area contributed by atoms with Gasteiger partial charge in [-0.25, -0.2) is 8.78 Å². The molecule has 1 N–H and O–H groups in total. The summed E-state index contributed by atoms with van der Waals surface area (Å²) in [7, 11) is 1.98. The van der Waals surface area contributed by atoms with Gasteiger partial charge in [0.1, 0.15) is 11.6 Å². The Morgan fingerprint density at radius 1 is 0.800 bits per heavy atom. The van der Waals surface area contributed by atoms with Crippen molar-refractivity contribution in [1.29, 1.82) is 0 Å². The second-order valence-corrected chi connectivity index (χ2v) is 15.3. The maximum Gasteiger partial charge on any atom is 0.264 e. The summed E-state index contributed by atoms with van der Waals surface area (Å²) in [5, 5.41) is 3.60. The van der Waals surface area contributed by atoms with E-state index in [0.717, 1.165) is 88.2 Å². The molecule has 5 aromatic carbocycles. The van der Waals surface area contributed by atoms with Crippen molar-refractivity contribution in [2.75, 3.05) is 7.05 Å². The maximum atomic E-state index is 15.3. The largest absolute Gasteiger partial charge is 0.331 e. The van der Waals surface area contributed by atoms with Crippen LogP contribution in [-0.4, -0.2) is 39.9 Å². The lowest BCUT2D eigenvalue weighted by Gasteiger charge is -2.41. The van der Waals surface area contributed by atoms with Crippen LogP contribution in [0.2, 0.25) is 0 Å². The summed E-state index contributed by atoms with van der Waals surface area (Å²) in [6, 6.07) is 40.5. The fraction of sp³-hybridized carbons (Fsp3) is 0.213. The smallest absolute Gasteiger partial charge is 0.264 e. The first-order valence-corrected chi connectivity index (χ1v) is 19.6. The Balaban J connectivity index is 1.38. The number of aryl methyl sites for hydroxylation is 1. The van der Waals surface area contributed by atoms with Gasteiger partial charge in [0.15, 0.2) is 0 Å². The van der Waals surface area contributed by atoms with Crippen LogP contribution in [-0.2, 0) is 12.0 Å². The van der Waals surface area contributed by atoms with Gasteiger partial charge in [0.2, 0.25) is 0 Å². The maximum absolute atomic E-state index is 15.3. The van der Waals surface area contributed by atoms with E-state index in [2.05, 4.69) is 106 Å². The second-order valence-electron chi connectivity index (χ2n) is 14.3. The molecule has 0 atom stereocenters. The summed E-state index contributed by atoms with van der Waals surface area (Å²) >= 11 is 1.04. The first-order valence-electron chi connectivity index (χ1n) is 18.8. The van der Waals surface area contributed by atoms with Gasteiger partial charge in [-0.3, -0.25) is 14.8 Å². The molecule has 5 nitrogen and oxygen atoms in total. The predicted octanol–water partition coefficient (Wildman–Crippen LogP) is 10.5. The molecule has 0 spiro atoms. The Bertz CT molecular complexity index is 2320. The number of hydrogen-bond acceptors (Lipinski definition) is 5. The van der Waals surface area contributed by atoms with Gasteiger partial charge in [-0.15, -0.1) is 11.3 Å². The number of amides is 1. The zero-order valence-corrected chi connectivity index (χ0v) is 31.7. The van der Waals surface area contributed by atoms with Crippen LogP contribution >= 0.6 is 11.3 Å². The van der Waals surface area contributed by atoms with Crippen molar-refractivity contribution in [1.82, 2.24) is 20.2 Å². The minimum absolute atomic E-state index is 0.0935. The Labute approximate surface area is 324 Å². The van der Waals surface area contributed by atoms with Gasteiger partial charge >= 0.3 is 0 Å². The molecule has 0 saturated heterocycles. The first-order chi connectivity index (χ1) is 26.9. The molecule has 0 radical (unpaired) electrons. The number of halogens is 2. The van der Waals surface area contributed by atoms with Gasteiger partial charge in [-0.05, 0) is 91.2 Å². The molecule has 1 amide bonds. The zero-order chi connectivity index (χ0) is 37.9. The summed E-state index contributed by atoms with van der Waals surface area (Å²) in [5.74, 6) is -1.27. The van der Waals surface area contributed by atoms with E-state index in [0.29, 0.717) is 16.5 Å². The van der Waals surface area contributed by atoms with E-state index in [1.165, 1.54) is 0 Å². The molecular formula is C47H42F2N4OS. The average molecular weight is 749 g/mol. The Morgan fingerprint density at radius 2 is 1.40 bits per heavy atom. The summed E-state index contributed by atoms with van der Waals surface area (Å²) in [4.78, 5) is 26.6. The van der Waals surface area contributed by atoms with E-state index in [9.17, 15) is 0 Å². The van der Waals surface area contributed by atoms with Gasteiger partial charge in [0.05, 0.1) is 26.9 Å². The van der Waals surface area contributed by atoms with E-state index in [-0.39, 0.29) is 28.6 Å². The van der Waals surface area contributed by atoms with Crippen LogP contribution in [0.3, 0.4) is 0 Å². The fourth-order valence-corrected chi connectivity index (χ4v) is 9.75. The lowest BCUT2D eigenvalue weighted by atomic mass is 9.63. The van der Waals surface area contributed by atoms with Gasteiger partial charge in [0, 0.05) is 42.0 Å². The van der Waals surface area contributed by atoms with Crippen molar-refractivity contribution in [3.05, 3.63) is 190 Å². The number of benzene rings is 5. The highest BCUT2D eigenvalue weighted by Gasteiger charge is 2.41. The number of carbonyl (C=O) groups is 1. The number of nitrogens with one attached hydrogen (secondary N) is 1. The van der Waals surface area contributed by atoms with Crippen LogP contribution in [0.5, 0.6) is 0 Å². The van der Waals surface area contributed by atoms with Crippen molar-refractivity contribution in [2.24, 2.45) is 0 Å². The molecule has 8 heteroatoms. The number of fused-ring (bicyclic) bond motifs is 1. The van der Waals surface area contributed by atoms with Gasteiger partial charge in [-0.2, -0.15) is 0 Å². The van der Waals surface area contributed by atoms with Crippen LogP contribution in [0.4, 0.5) is 8.78 Å². The number of aromatic nitrogens is 2. The molecule has 1 aliphatic carbocycles. The highest BCUT2D eigenvalue weighted by molar-refractivity contribution is 7.21. The molecule has 7 aromatic rings. The van der Waals surface area contributed by atoms with Crippen LogP contribution < -0.4 is 5.32 Å². The van der Waals surface area contributed by atoms with Gasteiger partial charge < -0.3 is 10.2 Å². The Morgan fingerprint density at radius 3 is 1.95 bits per heavy atom.